The first kappa shape index (κ1) is 25.8. The van der Waals surface area contributed by atoms with Crippen molar-refractivity contribution in [3.8, 4) is 11.3 Å². The third-order valence-corrected chi connectivity index (χ3v) is 8.04. The predicted octanol–water partition coefficient (Wildman–Crippen LogP) is 5.47. The second-order valence-corrected chi connectivity index (χ2v) is 10.6. The molecule has 39 heavy (non-hydrogen) atoms. The minimum absolute atomic E-state index is 0.0889. The monoisotopic (exact) mass is 532 g/mol. The highest BCUT2D eigenvalue weighted by atomic mass is 19.1. The summed E-state index contributed by atoms with van der Waals surface area (Å²) in [4.78, 5) is 17.8. The minimum atomic E-state index is -0.689. The highest BCUT2D eigenvalue weighted by Crippen LogP contribution is 2.36. The molecule has 1 aliphatic carbocycles. The highest BCUT2D eigenvalue weighted by molar-refractivity contribution is 5.87. The van der Waals surface area contributed by atoms with Crippen LogP contribution < -0.4 is 5.32 Å². The standard InChI is InChI=1S/C29H34F2N8/c1-3-37-12-14-38(15-13-37)18-20-8-11-25(32-16-20)34-29-33-17-23(30)28(35-29)22-9-10-24-26(27(22)31)19(2)36-39(24)21-6-4-5-7-21/h8-11,16-17,21H,3-7,12-15,18H2,1-2H3,(H,32,33,34,35). The Kier molecular flexibility index (Phi) is 7.22. The van der Waals surface area contributed by atoms with Gasteiger partial charge in [-0.2, -0.15) is 5.10 Å². The number of hydrogen-bond acceptors (Lipinski definition) is 7. The molecular weight excluding hydrogens is 498 g/mol. The molecule has 10 heteroatoms. The number of hydrogen-bond donors (Lipinski definition) is 1. The molecule has 1 aliphatic heterocycles. The van der Waals surface area contributed by atoms with E-state index < -0.39 is 11.6 Å². The number of halogens is 2. The van der Waals surface area contributed by atoms with E-state index in [2.05, 4.69) is 42.1 Å². The molecule has 4 aromatic rings. The lowest BCUT2D eigenvalue weighted by molar-refractivity contribution is 0.132. The number of likely N-dealkylation sites (N-methyl/N-ethyl adjacent to an activating group) is 1. The summed E-state index contributed by atoms with van der Waals surface area (Å²) < 4.78 is 32.6. The Morgan fingerprint density at radius 2 is 1.72 bits per heavy atom. The summed E-state index contributed by atoms with van der Waals surface area (Å²) in [6.45, 7) is 10.2. The molecule has 4 heterocycles. The maximum absolute atomic E-state index is 15.8. The van der Waals surface area contributed by atoms with Crippen LogP contribution in [0.4, 0.5) is 20.5 Å². The van der Waals surface area contributed by atoms with Crippen LogP contribution in [0.15, 0.2) is 36.7 Å². The first-order valence-electron chi connectivity index (χ1n) is 13.9. The van der Waals surface area contributed by atoms with Crippen molar-refractivity contribution in [2.75, 3.05) is 38.0 Å². The number of nitrogens with zero attached hydrogens (tertiary/aromatic N) is 7. The normalized spacial score (nSPS) is 17.3. The molecule has 1 saturated heterocycles. The Labute approximate surface area is 227 Å². The zero-order valence-electron chi connectivity index (χ0n) is 22.5. The van der Waals surface area contributed by atoms with E-state index in [-0.39, 0.29) is 23.2 Å². The lowest BCUT2D eigenvalue weighted by atomic mass is 10.1. The fraction of sp³-hybridized carbons (Fsp3) is 0.448. The predicted molar refractivity (Wildman–Crippen MR) is 148 cm³/mol. The molecule has 1 saturated carbocycles. The van der Waals surface area contributed by atoms with E-state index in [1.165, 1.54) is 0 Å². The first-order valence-corrected chi connectivity index (χ1v) is 13.9. The molecule has 0 spiro atoms. The number of aryl methyl sites for hydroxylation is 1. The lowest BCUT2D eigenvalue weighted by Crippen LogP contribution is -2.45. The average Bonchev–Trinajstić information content (AvgIpc) is 3.60. The summed E-state index contributed by atoms with van der Waals surface area (Å²) in [5, 5.41) is 8.09. The molecule has 0 radical (unpaired) electrons. The number of anilines is 2. The third kappa shape index (κ3) is 5.23. The number of rotatable bonds is 7. The molecule has 2 fully saturated rings. The second kappa shape index (κ2) is 10.9. The average molecular weight is 533 g/mol. The van der Waals surface area contributed by atoms with Crippen molar-refractivity contribution in [2.45, 2.75) is 52.1 Å². The summed E-state index contributed by atoms with van der Waals surface area (Å²) >= 11 is 0. The zero-order valence-corrected chi connectivity index (χ0v) is 22.5. The second-order valence-electron chi connectivity index (χ2n) is 10.6. The Morgan fingerprint density at radius 3 is 2.44 bits per heavy atom. The van der Waals surface area contributed by atoms with Crippen LogP contribution in [0.2, 0.25) is 0 Å². The van der Waals surface area contributed by atoms with E-state index in [0.29, 0.717) is 16.9 Å². The largest absolute Gasteiger partial charge is 0.309 e. The summed E-state index contributed by atoms with van der Waals surface area (Å²) in [5.41, 5.74) is 2.45. The lowest BCUT2D eigenvalue weighted by Gasteiger charge is -2.33. The number of aromatic nitrogens is 5. The van der Waals surface area contributed by atoms with Gasteiger partial charge in [-0.05, 0) is 50.1 Å². The third-order valence-electron chi connectivity index (χ3n) is 8.04. The van der Waals surface area contributed by atoms with Crippen molar-refractivity contribution in [3.05, 3.63) is 59.6 Å². The van der Waals surface area contributed by atoms with Crippen LogP contribution in [0.5, 0.6) is 0 Å². The summed E-state index contributed by atoms with van der Waals surface area (Å²) in [6, 6.07) is 7.57. The van der Waals surface area contributed by atoms with Gasteiger partial charge < -0.3 is 10.2 Å². The molecule has 6 rings (SSSR count). The van der Waals surface area contributed by atoms with Gasteiger partial charge in [0.1, 0.15) is 17.3 Å². The van der Waals surface area contributed by atoms with Crippen LogP contribution in [0.3, 0.4) is 0 Å². The topological polar surface area (TPSA) is 75.0 Å². The van der Waals surface area contributed by atoms with Gasteiger partial charge in [0, 0.05) is 44.5 Å². The molecule has 0 bridgehead atoms. The Balaban J connectivity index is 1.21. The molecular formula is C29H34F2N8. The zero-order chi connectivity index (χ0) is 26.9. The van der Waals surface area contributed by atoms with E-state index in [4.69, 9.17) is 0 Å². The summed E-state index contributed by atoms with van der Waals surface area (Å²) in [5.74, 6) is -0.511. The fourth-order valence-corrected chi connectivity index (χ4v) is 5.82. The van der Waals surface area contributed by atoms with Gasteiger partial charge in [0.25, 0.3) is 0 Å². The van der Waals surface area contributed by atoms with Gasteiger partial charge in [-0.1, -0.05) is 25.8 Å². The van der Waals surface area contributed by atoms with Crippen LogP contribution in [-0.2, 0) is 6.54 Å². The molecule has 0 unspecified atom stereocenters. The number of nitrogens with one attached hydrogen (secondary N) is 1. The van der Waals surface area contributed by atoms with Gasteiger partial charge >= 0.3 is 0 Å². The molecule has 204 valence electrons. The van der Waals surface area contributed by atoms with Crippen molar-refractivity contribution in [1.82, 2.24) is 34.5 Å². The Hall–Kier alpha value is -3.50. The Bertz CT molecular complexity index is 1450. The molecule has 8 nitrogen and oxygen atoms in total. The van der Waals surface area contributed by atoms with Crippen molar-refractivity contribution >= 4 is 22.7 Å². The van der Waals surface area contributed by atoms with Gasteiger partial charge in [0.05, 0.1) is 28.8 Å². The van der Waals surface area contributed by atoms with E-state index in [1.54, 1.807) is 13.0 Å². The van der Waals surface area contributed by atoms with Gasteiger partial charge in [-0.3, -0.25) is 9.58 Å². The number of pyridine rings is 1. The maximum atomic E-state index is 15.8. The van der Waals surface area contributed by atoms with E-state index in [0.717, 1.165) is 82.2 Å². The smallest absolute Gasteiger partial charge is 0.229 e. The molecule has 2 aliphatic rings. The van der Waals surface area contributed by atoms with Gasteiger partial charge in [-0.15, -0.1) is 0 Å². The van der Waals surface area contributed by atoms with E-state index in [1.807, 2.05) is 29.1 Å². The minimum Gasteiger partial charge on any atom is -0.309 e. The van der Waals surface area contributed by atoms with Gasteiger partial charge in [0.15, 0.2) is 5.82 Å². The Morgan fingerprint density at radius 1 is 0.949 bits per heavy atom. The molecule has 3 aromatic heterocycles. The van der Waals surface area contributed by atoms with Crippen LogP contribution >= 0.6 is 0 Å². The van der Waals surface area contributed by atoms with Crippen molar-refractivity contribution in [2.24, 2.45) is 0 Å². The number of fused-ring (bicyclic) bond motifs is 1. The van der Waals surface area contributed by atoms with Crippen molar-refractivity contribution < 1.29 is 8.78 Å². The van der Waals surface area contributed by atoms with Crippen LogP contribution in [0.25, 0.3) is 22.2 Å². The van der Waals surface area contributed by atoms with Crippen LogP contribution in [0.1, 0.15) is 49.9 Å². The van der Waals surface area contributed by atoms with E-state index in [9.17, 15) is 4.39 Å². The quantitative estimate of drug-likeness (QED) is 0.338. The SMILES string of the molecule is CCN1CCN(Cc2ccc(Nc3ncc(F)c(-c4ccc5c(c(C)nn5C5CCCC5)c4F)n3)nc2)CC1. The first-order chi connectivity index (χ1) is 19.0. The molecule has 1 N–H and O–H groups in total. The summed E-state index contributed by atoms with van der Waals surface area (Å²) in [7, 11) is 0. The van der Waals surface area contributed by atoms with Crippen LogP contribution in [0, 0.1) is 18.6 Å². The molecule has 0 amide bonds. The summed E-state index contributed by atoms with van der Waals surface area (Å²) in [6.07, 6.45) is 7.29. The fourth-order valence-electron chi connectivity index (χ4n) is 5.82. The van der Waals surface area contributed by atoms with Gasteiger partial charge in [-0.25, -0.2) is 23.7 Å². The van der Waals surface area contributed by atoms with E-state index >= 15 is 4.39 Å². The maximum Gasteiger partial charge on any atom is 0.229 e. The molecule has 1 aromatic carbocycles. The number of piperazine rings is 1. The number of benzene rings is 1. The van der Waals surface area contributed by atoms with Crippen molar-refractivity contribution in [3.63, 3.8) is 0 Å². The van der Waals surface area contributed by atoms with Crippen molar-refractivity contribution in [1.29, 1.82) is 0 Å². The van der Waals surface area contributed by atoms with Crippen LogP contribution in [-0.4, -0.2) is 67.3 Å². The molecule has 0 atom stereocenters. The van der Waals surface area contributed by atoms with Gasteiger partial charge in [0.2, 0.25) is 5.95 Å². The highest BCUT2D eigenvalue weighted by Gasteiger charge is 2.25.